The number of para-hydroxylation sites is 1. The summed E-state index contributed by atoms with van der Waals surface area (Å²) in [6.45, 7) is 0.166. The first kappa shape index (κ1) is 9.96. The molecule has 0 unspecified atom stereocenters. The second-order valence-corrected chi connectivity index (χ2v) is 4.08. The summed E-state index contributed by atoms with van der Waals surface area (Å²) in [6, 6.07) is 9.58. The summed E-state index contributed by atoms with van der Waals surface area (Å²) < 4.78 is 0. The number of pyridine rings is 1. The van der Waals surface area contributed by atoms with Gasteiger partial charge in [0, 0.05) is 5.39 Å². The maximum absolute atomic E-state index is 11.6. The highest BCUT2D eigenvalue weighted by Gasteiger charge is 2.28. The number of carbonyl (C=O) groups excluding carboxylic acids is 2. The third kappa shape index (κ3) is 1.67. The molecule has 0 N–H and O–H groups in total. The number of fused-ring (bicyclic) bond motifs is 1. The molecule has 4 heteroatoms. The maximum atomic E-state index is 11.6. The minimum Gasteiger partial charge on any atom is -0.303 e. The Kier molecular flexibility index (Phi) is 2.14. The van der Waals surface area contributed by atoms with E-state index in [0.717, 1.165) is 10.9 Å². The number of ketones is 1. The lowest BCUT2D eigenvalue weighted by atomic mass is 10.2. The third-order valence-electron chi connectivity index (χ3n) is 2.87. The van der Waals surface area contributed by atoms with Crippen molar-refractivity contribution in [2.45, 2.75) is 6.42 Å². The zero-order valence-electron chi connectivity index (χ0n) is 9.09. The van der Waals surface area contributed by atoms with Gasteiger partial charge in [0.15, 0.2) is 5.78 Å². The van der Waals surface area contributed by atoms with E-state index < -0.39 is 0 Å². The molecule has 1 aliphatic rings. The fourth-order valence-electron chi connectivity index (χ4n) is 2.03. The van der Waals surface area contributed by atoms with E-state index >= 15 is 0 Å². The average Bonchev–Trinajstić information content (AvgIpc) is 2.68. The molecule has 0 bridgehead atoms. The molecular weight excluding hydrogens is 216 g/mol. The number of rotatable bonds is 1. The Labute approximate surface area is 97.9 Å². The molecule has 0 radical (unpaired) electrons. The highest BCUT2D eigenvalue weighted by atomic mass is 16.2. The Bertz CT molecular complexity index is 622. The highest BCUT2D eigenvalue weighted by Crippen LogP contribution is 2.22. The van der Waals surface area contributed by atoms with E-state index in [1.165, 1.54) is 4.90 Å². The van der Waals surface area contributed by atoms with Crippen LogP contribution in [-0.2, 0) is 9.59 Å². The molecule has 84 valence electrons. The smallest absolute Gasteiger partial charge is 0.234 e. The summed E-state index contributed by atoms with van der Waals surface area (Å²) in [6.07, 6.45) is 1.64. The van der Waals surface area contributed by atoms with Gasteiger partial charge >= 0.3 is 0 Å². The first-order valence-corrected chi connectivity index (χ1v) is 5.41. The summed E-state index contributed by atoms with van der Waals surface area (Å²) in [4.78, 5) is 28.6. The Hall–Kier alpha value is -2.23. The van der Waals surface area contributed by atoms with Crippen LogP contribution in [0.3, 0.4) is 0 Å². The van der Waals surface area contributed by atoms with Gasteiger partial charge in [0.1, 0.15) is 0 Å². The molecule has 4 nitrogen and oxygen atoms in total. The molecular formula is C13H10N2O2. The number of hydrogen-bond acceptors (Lipinski definition) is 3. The van der Waals surface area contributed by atoms with E-state index in [0.29, 0.717) is 5.69 Å². The number of amides is 1. The Morgan fingerprint density at radius 2 is 2.00 bits per heavy atom. The number of benzene rings is 1. The number of Topliss-reactive ketones (excluding diaryl/α,β-unsaturated/α-hetero) is 1. The molecule has 1 amide bonds. The van der Waals surface area contributed by atoms with E-state index in [1.54, 1.807) is 6.20 Å². The van der Waals surface area contributed by atoms with Crippen molar-refractivity contribution in [1.82, 2.24) is 4.98 Å². The van der Waals surface area contributed by atoms with Crippen LogP contribution >= 0.6 is 0 Å². The molecule has 1 aliphatic heterocycles. The maximum Gasteiger partial charge on any atom is 0.234 e. The molecule has 3 rings (SSSR count). The second-order valence-electron chi connectivity index (χ2n) is 4.08. The summed E-state index contributed by atoms with van der Waals surface area (Å²) in [5.41, 5.74) is 1.58. The number of aromatic nitrogens is 1. The van der Waals surface area contributed by atoms with Crippen LogP contribution in [-0.4, -0.2) is 23.2 Å². The largest absolute Gasteiger partial charge is 0.303 e. The normalized spacial score (nSPS) is 15.9. The van der Waals surface area contributed by atoms with Crippen molar-refractivity contribution in [3.63, 3.8) is 0 Å². The fourth-order valence-corrected chi connectivity index (χ4v) is 2.03. The van der Waals surface area contributed by atoms with Gasteiger partial charge in [0.25, 0.3) is 0 Å². The molecule has 1 aromatic carbocycles. The molecule has 0 atom stereocenters. The van der Waals surface area contributed by atoms with Crippen LogP contribution in [0, 0.1) is 0 Å². The van der Waals surface area contributed by atoms with Crippen LogP contribution < -0.4 is 4.90 Å². The van der Waals surface area contributed by atoms with Crippen LogP contribution in [0.1, 0.15) is 6.42 Å². The van der Waals surface area contributed by atoms with Crippen molar-refractivity contribution in [1.29, 1.82) is 0 Å². The van der Waals surface area contributed by atoms with Gasteiger partial charge in [0.05, 0.1) is 30.4 Å². The van der Waals surface area contributed by atoms with Gasteiger partial charge in [-0.15, -0.1) is 0 Å². The Morgan fingerprint density at radius 1 is 1.18 bits per heavy atom. The quantitative estimate of drug-likeness (QED) is 0.693. The Balaban J connectivity index is 2.06. The van der Waals surface area contributed by atoms with Gasteiger partial charge < -0.3 is 4.90 Å². The summed E-state index contributed by atoms with van der Waals surface area (Å²) in [7, 11) is 0. The molecule has 0 spiro atoms. The van der Waals surface area contributed by atoms with E-state index in [9.17, 15) is 9.59 Å². The van der Waals surface area contributed by atoms with Crippen LogP contribution in [0.15, 0.2) is 36.5 Å². The van der Waals surface area contributed by atoms with Crippen molar-refractivity contribution in [2.24, 2.45) is 0 Å². The van der Waals surface area contributed by atoms with Gasteiger partial charge in [-0.3, -0.25) is 14.6 Å². The van der Waals surface area contributed by atoms with E-state index in [4.69, 9.17) is 0 Å². The van der Waals surface area contributed by atoms with Crippen LogP contribution in [0.4, 0.5) is 5.69 Å². The van der Waals surface area contributed by atoms with Crippen molar-refractivity contribution in [3.05, 3.63) is 36.5 Å². The minimum atomic E-state index is -0.146. The minimum absolute atomic E-state index is 0.00677. The fraction of sp³-hybridized carbons (Fsp3) is 0.154. The van der Waals surface area contributed by atoms with Crippen molar-refractivity contribution in [3.8, 4) is 0 Å². The molecule has 1 aromatic heterocycles. The molecule has 0 aliphatic carbocycles. The zero-order chi connectivity index (χ0) is 11.8. The topological polar surface area (TPSA) is 50.3 Å². The average molecular weight is 226 g/mol. The predicted octanol–water partition coefficient (Wildman–Crippen LogP) is 1.54. The first-order valence-electron chi connectivity index (χ1n) is 5.41. The monoisotopic (exact) mass is 226 g/mol. The van der Waals surface area contributed by atoms with Crippen LogP contribution in [0.2, 0.25) is 0 Å². The van der Waals surface area contributed by atoms with Crippen LogP contribution in [0.5, 0.6) is 0 Å². The van der Waals surface area contributed by atoms with Gasteiger partial charge in [-0.1, -0.05) is 18.2 Å². The molecule has 17 heavy (non-hydrogen) atoms. The van der Waals surface area contributed by atoms with Gasteiger partial charge in [-0.25, -0.2) is 0 Å². The van der Waals surface area contributed by atoms with E-state index in [-0.39, 0.29) is 24.7 Å². The number of carbonyl (C=O) groups is 2. The van der Waals surface area contributed by atoms with E-state index in [1.807, 2.05) is 30.3 Å². The van der Waals surface area contributed by atoms with Crippen molar-refractivity contribution >= 4 is 28.3 Å². The zero-order valence-corrected chi connectivity index (χ0v) is 9.09. The standard InChI is InChI=1S/C13H10N2O2/c16-11-6-13(17)15(8-11)10-5-9-3-1-2-4-12(9)14-7-10/h1-5,7H,6,8H2. The Morgan fingerprint density at radius 3 is 2.76 bits per heavy atom. The predicted molar refractivity (Wildman–Crippen MR) is 63.7 cm³/mol. The molecule has 1 saturated heterocycles. The van der Waals surface area contributed by atoms with Gasteiger partial charge in [-0.2, -0.15) is 0 Å². The first-order chi connectivity index (χ1) is 8.24. The number of hydrogen-bond donors (Lipinski definition) is 0. The molecule has 2 heterocycles. The summed E-state index contributed by atoms with van der Waals surface area (Å²) in [5.74, 6) is -0.185. The molecule has 0 saturated carbocycles. The molecule has 1 fully saturated rings. The number of nitrogens with zero attached hydrogens (tertiary/aromatic N) is 2. The van der Waals surface area contributed by atoms with Gasteiger partial charge in [-0.05, 0) is 12.1 Å². The van der Waals surface area contributed by atoms with E-state index in [2.05, 4.69) is 4.98 Å². The van der Waals surface area contributed by atoms with Gasteiger partial charge in [0.2, 0.25) is 5.91 Å². The summed E-state index contributed by atoms with van der Waals surface area (Å²) in [5, 5.41) is 0.970. The second kappa shape index (κ2) is 3.66. The lowest BCUT2D eigenvalue weighted by molar-refractivity contribution is -0.121. The highest BCUT2D eigenvalue weighted by molar-refractivity contribution is 6.15. The number of anilines is 1. The third-order valence-corrected chi connectivity index (χ3v) is 2.87. The molecule has 2 aromatic rings. The van der Waals surface area contributed by atoms with Crippen molar-refractivity contribution < 1.29 is 9.59 Å². The van der Waals surface area contributed by atoms with Crippen LogP contribution in [0.25, 0.3) is 10.9 Å². The summed E-state index contributed by atoms with van der Waals surface area (Å²) >= 11 is 0. The van der Waals surface area contributed by atoms with Crippen molar-refractivity contribution in [2.75, 3.05) is 11.4 Å². The lowest BCUT2D eigenvalue weighted by Gasteiger charge is -2.14. The lowest BCUT2D eigenvalue weighted by Crippen LogP contribution is -2.24. The SMILES string of the molecule is O=C1CC(=O)N(c2cnc3ccccc3c2)C1.